The minimum absolute atomic E-state index is 0.188. The molecule has 0 aliphatic rings. The van der Waals surface area contributed by atoms with Crippen LogP contribution in [0, 0.1) is 0 Å². The molecule has 4 aromatic rings. The van der Waals surface area contributed by atoms with Crippen molar-refractivity contribution in [3.63, 3.8) is 0 Å². The van der Waals surface area contributed by atoms with Gasteiger partial charge in [0.2, 0.25) is 0 Å². The Morgan fingerprint density at radius 2 is 1.65 bits per heavy atom. The van der Waals surface area contributed by atoms with Crippen molar-refractivity contribution >= 4 is 50.5 Å². The highest BCUT2D eigenvalue weighted by molar-refractivity contribution is 6.32. The summed E-state index contributed by atoms with van der Waals surface area (Å²) in [6.45, 7) is 0. The van der Waals surface area contributed by atoms with E-state index in [0.29, 0.717) is 10.0 Å². The van der Waals surface area contributed by atoms with Gasteiger partial charge in [-0.25, -0.2) is 4.79 Å². The summed E-state index contributed by atoms with van der Waals surface area (Å²) in [5.74, 6) is 0. The van der Waals surface area contributed by atoms with Crippen LogP contribution in [-0.4, -0.2) is 9.38 Å². The van der Waals surface area contributed by atoms with Crippen molar-refractivity contribution in [1.82, 2.24) is 9.38 Å². The van der Waals surface area contributed by atoms with Crippen LogP contribution in [0.2, 0.25) is 10.0 Å². The normalized spacial score (nSPS) is 11.7. The molecule has 2 heterocycles. The number of benzene rings is 2. The minimum Gasteiger partial charge on any atom is -0.306 e. The van der Waals surface area contributed by atoms with Crippen molar-refractivity contribution in [2.24, 2.45) is 0 Å². The molecule has 2 aromatic heterocycles. The summed E-state index contributed by atoms with van der Waals surface area (Å²) < 4.78 is 1.65. The smallest absolute Gasteiger partial charge is 0.306 e. The molecule has 0 fully saturated rings. The van der Waals surface area contributed by atoms with Gasteiger partial charge in [-0.05, 0) is 42.5 Å². The van der Waals surface area contributed by atoms with Crippen molar-refractivity contribution in [3.8, 4) is 0 Å². The Kier molecular flexibility index (Phi) is 2.37. The van der Waals surface area contributed by atoms with E-state index in [2.05, 4.69) is 4.98 Å². The molecule has 0 aliphatic carbocycles. The number of nitrogens with zero attached hydrogens (tertiary/aromatic N) is 1. The van der Waals surface area contributed by atoms with Crippen LogP contribution in [0.1, 0.15) is 0 Å². The van der Waals surface area contributed by atoms with Gasteiger partial charge in [0.15, 0.2) is 0 Å². The second kappa shape index (κ2) is 4.01. The Labute approximate surface area is 123 Å². The monoisotopic (exact) mass is 302 g/mol. The average molecular weight is 303 g/mol. The molecule has 0 saturated heterocycles. The van der Waals surface area contributed by atoms with Crippen molar-refractivity contribution in [2.75, 3.05) is 0 Å². The maximum absolute atomic E-state index is 12.3. The molecular weight excluding hydrogens is 295 g/mol. The number of halogens is 2. The quantitative estimate of drug-likeness (QED) is 0.518. The minimum atomic E-state index is -0.188. The molecule has 0 amide bonds. The van der Waals surface area contributed by atoms with Gasteiger partial charge in [0.25, 0.3) is 0 Å². The Morgan fingerprint density at radius 3 is 2.50 bits per heavy atom. The fraction of sp³-hybridized carbons (Fsp3) is 0. The molecule has 0 unspecified atom stereocenters. The molecule has 20 heavy (non-hydrogen) atoms. The van der Waals surface area contributed by atoms with Crippen LogP contribution in [0.3, 0.4) is 0 Å². The molecule has 0 saturated carbocycles. The van der Waals surface area contributed by atoms with E-state index in [-0.39, 0.29) is 5.69 Å². The van der Waals surface area contributed by atoms with E-state index < -0.39 is 0 Å². The number of hydrogen-bond donors (Lipinski definition) is 1. The topological polar surface area (TPSA) is 37.3 Å². The van der Waals surface area contributed by atoms with Gasteiger partial charge in [-0.3, -0.25) is 4.40 Å². The third-order valence-electron chi connectivity index (χ3n) is 3.47. The molecule has 1 N–H and O–H groups in total. The first-order chi connectivity index (χ1) is 9.63. The first-order valence-corrected chi connectivity index (χ1v) is 6.81. The van der Waals surface area contributed by atoms with Crippen molar-refractivity contribution < 1.29 is 0 Å². The fourth-order valence-electron chi connectivity index (χ4n) is 2.62. The number of aromatic amines is 1. The highest BCUT2D eigenvalue weighted by atomic mass is 35.5. The lowest BCUT2D eigenvalue weighted by molar-refractivity contribution is 1.07. The van der Waals surface area contributed by atoms with E-state index in [1.165, 1.54) is 0 Å². The van der Waals surface area contributed by atoms with Gasteiger partial charge < -0.3 is 4.98 Å². The number of H-pyrrole nitrogens is 1. The third kappa shape index (κ3) is 1.57. The average Bonchev–Trinajstić information content (AvgIpc) is 2.77. The number of fused-ring (bicyclic) bond motifs is 5. The highest BCUT2D eigenvalue weighted by Crippen LogP contribution is 2.27. The summed E-state index contributed by atoms with van der Waals surface area (Å²) in [4.78, 5) is 15.2. The standard InChI is InChI=1S/C15H8Cl2N2O/c16-9-2-4-13-8(5-9)6-14-11-3-1-10(17)7-12(11)18-15(20)19(13)14/h1-7H,(H,18,20). The van der Waals surface area contributed by atoms with E-state index in [0.717, 1.165) is 27.3 Å². The Hall–Kier alpha value is -1.97. The Morgan fingerprint density at radius 1 is 0.900 bits per heavy atom. The summed E-state index contributed by atoms with van der Waals surface area (Å²) in [6, 6.07) is 12.9. The number of nitrogens with one attached hydrogen (secondary N) is 1. The number of rotatable bonds is 0. The van der Waals surface area contributed by atoms with Crippen LogP contribution in [0.25, 0.3) is 27.3 Å². The van der Waals surface area contributed by atoms with Crippen LogP contribution >= 0.6 is 23.2 Å². The van der Waals surface area contributed by atoms with E-state index in [1.807, 2.05) is 30.3 Å². The van der Waals surface area contributed by atoms with Crippen LogP contribution in [0.15, 0.2) is 47.3 Å². The van der Waals surface area contributed by atoms with Crippen LogP contribution in [0.4, 0.5) is 0 Å². The first-order valence-electron chi connectivity index (χ1n) is 6.06. The van der Waals surface area contributed by atoms with E-state index in [4.69, 9.17) is 23.2 Å². The zero-order chi connectivity index (χ0) is 13.9. The number of aromatic nitrogens is 2. The van der Waals surface area contributed by atoms with Crippen LogP contribution < -0.4 is 5.69 Å². The molecule has 0 atom stereocenters. The maximum Gasteiger partial charge on any atom is 0.331 e. The summed E-state index contributed by atoms with van der Waals surface area (Å²) in [7, 11) is 0. The van der Waals surface area contributed by atoms with Gasteiger partial charge in [0, 0.05) is 20.8 Å². The van der Waals surface area contributed by atoms with Gasteiger partial charge in [0.1, 0.15) is 0 Å². The first kappa shape index (κ1) is 11.8. The van der Waals surface area contributed by atoms with Gasteiger partial charge >= 0.3 is 5.69 Å². The maximum atomic E-state index is 12.3. The predicted molar refractivity (Wildman–Crippen MR) is 83.0 cm³/mol. The van der Waals surface area contributed by atoms with Gasteiger partial charge in [-0.1, -0.05) is 23.2 Å². The second-order valence-electron chi connectivity index (χ2n) is 4.69. The molecule has 3 nitrogen and oxygen atoms in total. The van der Waals surface area contributed by atoms with Gasteiger partial charge in [-0.15, -0.1) is 0 Å². The van der Waals surface area contributed by atoms with Crippen LogP contribution in [-0.2, 0) is 0 Å². The molecule has 5 heteroatoms. The van der Waals surface area contributed by atoms with Crippen molar-refractivity contribution in [1.29, 1.82) is 0 Å². The van der Waals surface area contributed by atoms with Crippen molar-refractivity contribution in [3.05, 3.63) is 63.0 Å². The second-order valence-corrected chi connectivity index (χ2v) is 5.56. The van der Waals surface area contributed by atoms with Gasteiger partial charge in [0.05, 0.1) is 16.6 Å². The van der Waals surface area contributed by atoms with E-state index in [9.17, 15) is 4.79 Å². The summed E-state index contributed by atoms with van der Waals surface area (Å²) >= 11 is 12.0. The lowest BCUT2D eigenvalue weighted by atomic mass is 10.2. The molecule has 98 valence electrons. The van der Waals surface area contributed by atoms with E-state index in [1.54, 1.807) is 16.5 Å². The molecular formula is C15H8Cl2N2O. The van der Waals surface area contributed by atoms with Gasteiger partial charge in [-0.2, -0.15) is 0 Å². The predicted octanol–water partition coefficient (Wildman–Crippen LogP) is 4.24. The zero-order valence-corrected chi connectivity index (χ0v) is 11.7. The summed E-state index contributed by atoms with van der Waals surface area (Å²) in [5, 5.41) is 3.13. The fourth-order valence-corrected chi connectivity index (χ4v) is 2.97. The highest BCUT2D eigenvalue weighted by Gasteiger charge is 2.10. The van der Waals surface area contributed by atoms with E-state index >= 15 is 0 Å². The lowest BCUT2D eigenvalue weighted by Crippen LogP contribution is -2.15. The van der Waals surface area contributed by atoms with Crippen molar-refractivity contribution in [2.45, 2.75) is 0 Å². The Bertz CT molecular complexity index is 1050. The third-order valence-corrected chi connectivity index (χ3v) is 3.94. The molecule has 0 spiro atoms. The summed E-state index contributed by atoms with van der Waals surface area (Å²) in [5.41, 5.74) is 2.22. The summed E-state index contributed by atoms with van der Waals surface area (Å²) in [6.07, 6.45) is 0. The SMILES string of the molecule is O=c1[nH]c2cc(Cl)ccc2c2cc3cc(Cl)ccc3n12. The molecule has 0 radical (unpaired) electrons. The lowest BCUT2D eigenvalue weighted by Gasteiger charge is -2.02. The molecule has 0 bridgehead atoms. The molecule has 2 aromatic carbocycles. The number of hydrogen-bond acceptors (Lipinski definition) is 1. The zero-order valence-electron chi connectivity index (χ0n) is 10.2. The molecule has 0 aliphatic heterocycles. The van der Waals surface area contributed by atoms with Crippen LogP contribution in [0.5, 0.6) is 0 Å². The largest absolute Gasteiger partial charge is 0.331 e. The molecule has 4 rings (SSSR count). The Balaban J connectivity index is 2.32.